The molecule has 0 aliphatic heterocycles. The molecule has 1 rings (SSSR count). The second-order valence-electron chi connectivity index (χ2n) is 2.14. The highest BCUT2D eigenvalue weighted by atomic mass is 16.5. The van der Waals surface area contributed by atoms with Crippen LogP contribution in [0, 0.1) is 6.57 Å². The van der Waals surface area contributed by atoms with E-state index in [1.165, 1.54) is 6.20 Å². The van der Waals surface area contributed by atoms with Crippen LogP contribution in [0.1, 0.15) is 0 Å². The van der Waals surface area contributed by atoms with Crippen molar-refractivity contribution < 1.29 is 4.74 Å². The summed E-state index contributed by atoms with van der Waals surface area (Å²) in [5.74, 6) is 0.826. The fraction of sp³-hybridized carbons (Fsp3) is 0.100. The van der Waals surface area contributed by atoms with Gasteiger partial charge in [0.05, 0.1) is 13.2 Å². The molecule has 0 atom stereocenters. The Labute approximate surface area is 71.9 Å². The van der Waals surface area contributed by atoms with Crippen LogP contribution in [0.25, 0.3) is 4.85 Å². The van der Waals surface area contributed by atoms with Gasteiger partial charge in [0.2, 0.25) is 0 Å². The zero-order valence-electron chi connectivity index (χ0n) is 6.60. The minimum absolute atomic E-state index is 0.451. The van der Waals surface area contributed by atoms with Crippen molar-refractivity contribution in [1.29, 1.82) is 0 Å². The molecule has 12 heavy (non-hydrogen) atoms. The largest absolute Gasteiger partial charge is 0.491 e. The molecule has 0 aliphatic carbocycles. The summed E-state index contributed by atoms with van der Waals surface area (Å²) in [6, 6.07) is 9.51. The molecule has 60 valence electrons. The molecule has 1 aromatic rings. The predicted molar refractivity (Wildman–Crippen MR) is 47.7 cm³/mol. The molecule has 0 N–H and O–H groups in total. The number of para-hydroxylation sites is 1. The molecule has 0 unspecified atom stereocenters. The zero-order chi connectivity index (χ0) is 8.65. The molecule has 0 radical (unpaired) electrons. The van der Waals surface area contributed by atoms with Crippen molar-refractivity contribution in [3.63, 3.8) is 0 Å². The summed E-state index contributed by atoms with van der Waals surface area (Å²) >= 11 is 0. The summed E-state index contributed by atoms with van der Waals surface area (Å²) in [5.41, 5.74) is 0. The van der Waals surface area contributed by atoms with E-state index in [-0.39, 0.29) is 0 Å². The van der Waals surface area contributed by atoms with E-state index in [4.69, 9.17) is 11.3 Å². The molecule has 2 heteroatoms. The van der Waals surface area contributed by atoms with Gasteiger partial charge in [-0.3, -0.25) is 0 Å². The Morgan fingerprint density at radius 2 is 2.08 bits per heavy atom. The first-order chi connectivity index (χ1) is 5.93. The topological polar surface area (TPSA) is 13.6 Å². The summed E-state index contributed by atoms with van der Waals surface area (Å²) < 4.78 is 5.28. The Morgan fingerprint density at radius 1 is 1.33 bits per heavy atom. The van der Waals surface area contributed by atoms with Crippen molar-refractivity contribution in [3.8, 4) is 5.75 Å². The summed E-state index contributed by atoms with van der Waals surface area (Å²) in [4.78, 5) is 3.06. The average Bonchev–Trinajstić information content (AvgIpc) is 2.14. The maximum Gasteiger partial charge on any atom is 0.153 e. The first-order valence-electron chi connectivity index (χ1n) is 3.63. The SMILES string of the molecule is [C-]#[N+]/C=C/COc1ccccc1. The van der Waals surface area contributed by atoms with Crippen molar-refractivity contribution in [2.75, 3.05) is 6.61 Å². The average molecular weight is 159 g/mol. The van der Waals surface area contributed by atoms with E-state index in [0.717, 1.165) is 5.75 Å². The van der Waals surface area contributed by atoms with Gasteiger partial charge in [-0.25, -0.2) is 4.85 Å². The summed E-state index contributed by atoms with van der Waals surface area (Å²) in [6.07, 6.45) is 3.07. The van der Waals surface area contributed by atoms with Gasteiger partial charge in [0.1, 0.15) is 5.75 Å². The number of hydrogen-bond acceptors (Lipinski definition) is 1. The van der Waals surface area contributed by atoms with Gasteiger partial charge in [0.15, 0.2) is 6.20 Å². The van der Waals surface area contributed by atoms with Gasteiger partial charge in [-0.2, -0.15) is 0 Å². The zero-order valence-corrected chi connectivity index (χ0v) is 6.60. The first-order valence-corrected chi connectivity index (χ1v) is 3.63. The van der Waals surface area contributed by atoms with Crippen molar-refractivity contribution in [1.82, 2.24) is 0 Å². The monoisotopic (exact) mass is 159 g/mol. The van der Waals surface area contributed by atoms with Crippen LogP contribution in [0.15, 0.2) is 42.6 Å². The lowest BCUT2D eigenvalue weighted by atomic mass is 10.3. The van der Waals surface area contributed by atoms with Crippen LogP contribution < -0.4 is 4.74 Å². The molecule has 0 spiro atoms. The lowest BCUT2D eigenvalue weighted by Gasteiger charge is -2.00. The quantitative estimate of drug-likeness (QED) is 0.618. The van der Waals surface area contributed by atoms with Crippen LogP contribution in [-0.2, 0) is 0 Å². The van der Waals surface area contributed by atoms with Crippen LogP contribution in [-0.4, -0.2) is 6.61 Å². The molecular weight excluding hydrogens is 150 g/mol. The molecule has 1 aromatic carbocycles. The van der Waals surface area contributed by atoms with Crippen molar-refractivity contribution in [2.45, 2.75) is 0 Å². The van der Waals surface area contributed by atoms with E-state index in [0.29, 0.717) is 6.61 Å². The molecule has 2 nitrogen and oxygen atoms in total. The van der Waals surface area contributed by atoms with Crippen LogP contribution in [0.3, 0.4) is 0 Å². The Kier molecular flexibility index (Phi) is 3.46. The molecule has 0 amide bonds. The number of benzene rings is 1. The van der Waals surface area contributed by atoms with Gasteiger partial charge in [-0.05, 0) is 18.2 Å². The second-order valence-corrected chi connectivity index (χ2v) is 2.14. The van der Waals surface area contributed by atoms with Gasteiger partial charge in [0.25, 0.3) is 0 Å². The maximum atomic E-state index is 6.47. The van der Waals surface area contributed by atoms with E-state index < -0.39 is 0 Å². The molecule has 0 heterocycles. The highest BCUT2D eigenvalue weighted by molar-refractivity contribution is 5.21. The number of hydrogen-bond donors (Lipinski definition) is 0. The molecule has 0 saturated heterocycles. The van der Waals surface area contributed by atoms with Crippen LogP contribution in [0.2, 0.25) is 0 Å². The van der Waals surface area contributed by atoms with Crippen LogP contribution in [0.4, 0.5) is 0 Å². The number of rotatable bonds is 3. The van der Waals surface area contributed by atoms with E-state index >= 15 is 0 Å². The second kappa shape index (κ2) is 4.97. The number of ether oxygens (including phenoxy) is 1. The minimum Gasteiger partial charge on any atom is -0.491 e. The third-order valence-corrected chi connectivity index (χ3v) is 1.27. The van der Waals surface area contributed by atoms with Gasteiger partial charge in [-0.1, -0.05) is 18.2 Å². The van der Waals surface area contributed by atoms with E-state index in [1.807, 2.05) is 30.3 Å². The van der Waals surface area contributed by atoms with Crippen LogP contribution >= 0.6 is 0 Å². The highest BCUT2D eigenvalue weighted by Crippen LogP contribution is 2.07. The molecule has 0 bridgehead atoms. The fourth-order valence-electron chi connectivity index (χ4n) is 0.757. The van der Waals surface area contributed by atoms with E-state index in [1.54, 1.807) is 6.08 Å². The Balaban J connectivity index is 2.35. The lowest BCUT2D eigenvalue weighted by Crippen LogP contribution is -1.91. The molecule has 0 saturated carbocycles. The Morgan fingerprint density at radius 3 is 2.75 bits per heavy atom. The number of nitrogens with zero attached hydrogens (tertiary/aromatic N) is 1. The molecule has 0 aliphatic rings. The summed E-state index contributed by atoms with van der Waals surface area (Å²) in [6.45, 7) is 6.92. The van der Waals surface area contributed by atoms with Gasteiger partial charge in [-0.15, -0.1) is 0 Å². The van der Waals surface area contributed by atoms with Gasteiger partial charge < -0.3 is 4.74 Å². The van der Waals surface area contributed by atoms with Gasteiger partial charge >= 0.3 is 0 Å². The summed E-state index contributed by atoms with van der Waals surface area (Å²) in [7, 11) is 0. The maximum absolute atomic E-state index is 6.47. The Bertz CT molecular complexity index is 284. The first kappa shape index (κ1) is 8.35. The predicted octanol–water partition coefficient (Wildman–Crippen LogP) is 2.50. The third-order valence-electron chi connectivity index (χ3n) is 1.27. The van der Waals surface area contributed by atoms with Crippen molar-refractivity contribution in [2.24, 2.45) is 0 Å². The minimum atomic E-state index is 0.451. The lowest BCUT2D eigenvalue weighted by molar-refractivity contribution is 0.363. The van der Waals surface area contributed by atoms with Crippen molar-refractivity contribution >= 4 is 0 Å². The summed E-state index contributed by atoms with van der Waals surface area (Å²) in [5, 5.41) is 0. The third kappa shape index (κ3) is 2.89. The molecule has 0 aromatic heterocycles. The standard InChI is InChI=1S/C10H9NO/c1-11-8-5-9-12-10-6-3-2-4-7-10/h2-8H,9H2/b8-5+. The normalized spacial score (nSPS) is 9.58. The van der Waals surface area contributed by atoms with E-state index in [2.05, 4.69) is 4.85 Å². The van der Waals surface area contributed by atoms with Crippen LogP contribution in [0.5, 0.6) is 5.75 Å². The molecular formula is C10H9NO. The van der Waals surface area contributed by atoms with Crippen molar-refractivity contribution in [3.05, 3.63) is 54.0 Å². The highest BCUT2D eigenvalue weighted by Gasteiger charge is 1.85. The van der Waals surface area contributed by atoms with E-state index in [9.17, 15) is 0 Å². The molecule has 0 fully saturated rings. The van der Waals surface area contributed by atoms with Gasteiger partial charge in [0, 0.05) is 0 Å². The smallest absolute Gasteiger partial charge is 0.153 e. The Hall–Kier alpha value is -1.75. The fourth-order valence-corrected chi connectivity index (χ4v) is 0.757.